The van der Waals surface area contributed by atoms with Crippen molar-refractivity contribution in [3.05, 3.63) is 0 Å². The number of aliphatic hydroxyl groups is 1. The van der Waals surface area contributed by atoms with Crippen molar-refractivity contribution in [2.75, 3.05) is 39.6 Å². The van der Waals surface area contributed by atoms with E-state index in [-0.39, 0.29) is 25.7 Å². The molecule has 0 aromatic carbocycles. The minimum atomic E-state index is -4.96. The lowest BCUT2D eigenvalue weighted by Gasteiger charge is -2.21. The van der Waals surface area contributed by atoms with Crippen LogP contribution in [0.4, 0.5) is 0 Å². The number of carbonyl (C=O) groups is 4. The van der Waals surface area contributed by atoms with E-state index in [1.807, 2.05) is 0 Å². The summed E-state index contributed by atoms with van der Waals surface area (Å²) in [6.45, 7) is 9.60. The maximum absolute atomic E-state index is 13.1. The van der Waals surface area contributed by atoms with Crippen LogP contribution in [0.15, 0.2) is 0 Å². The summed E-state index contributed by atoms with van der Waals surface area (Å²) in [6, 6.07) is 0. The lowest BCUT2D eigenvalue weighted by atomic mass is 10.0. The monoisotopic (exact) mass is 1410 g/mol. The number of aliphatic hydroxyl groups excluding tert-OH is 1. The number of phosphoric acid groups is 2. The molecule has 0 amide bonds. The van der Waals surface area contributed by atoms with Gasteiger partial charge in [-0.15, -0.1) is 0 Å². The molecule has 0 aliphatic rings. The Balaban J connectivity index is 5.24. The molecule has 17 nitrogen and oxygen atoms in total. The molecule has 0 saturated heterocycles. The van der Waals surface area contributed by atoms with E-state index in [0.29, 0.717) is 25.7 Å². The molecule has 0 aliphatic heterocycles. The number of carbonyl (C=O) groups excluding carboxylic acids is 4. The highest BCUT2D eigenvalue weighted by atomic mass is 31.2. The quantitative estimate of drug-likeness (QED) is 0.0222. The average molecular weight is 1410 g/mol. The number of unbranched alkanes of at least 4 members (excludes halogenated alkanes) is 46. The third kappa shape index (κ3) is 70.5. The van der Waals surface area contributed by atoms with Gasteiger partial charge in [-0.25, -0.2) is 9.13 Å². The lowest BCUT2D eigenvalue weighted by molar-refractivity contribution is -0.161. The number of hydrogen-bond acceptors (Lipinski definition) is 15. The Morgan fingerprint density at radius 1 is 0.281 bits per heavy atom. The van der Waals surface area contributed by atoms with Crippen molar-refractivity contribution in [2.24, 2.45) is 11.8 Å². The van der Waals surface area contributed by atoms with Gasteiger partial charge < -0.3 is 33.8 Å². The van der Waals surface area contributed by atoms with E-state index in [2.05, 4.69) is 41.5 Å². The summed E-state index contributed by atoms with van der Waals surface area (Å²) in [7, 11) is -9.91. The number of rotatable bonds is 76. The smallest absolute Gasteiger partial charge is 0.462 e. The Labute approximate surface area is 588 Å². The zero-order valence-corrected chi connectivity index (χ0v) is 64.5. The van der Waals surface area contributed by atoms with Gasteiger partial charge in [0, 0.05) is 25.7 Å². The van der Waals surface area contributed by atoms with Gasteiger partial charge in [0.1, 0.15) is 19.3 Å². The molecule has 96 heavy (non-hydrogen) atoms. The predicted octanol–water partition coefficient (Wildman–Crippen LogP) is 22.7. The van der Waals surface area contributed by atoms with Crippen LogP contribution in [-0.4, -0.2) is 96.7 Å². The number of esters is 4. The number of phosphoric ester groups is 2. The molecule has 3 N–H and O–H groups in total. The van der Waals surface area contributed by atoms with Crippen LogP contribution < -0.4 is 0 Å². The molecule has 0 bridgehead atoms. The summed E-state index contributed by atoms with van der Waals surface area (Å²) < 4.78 is 68.6. The van der Waals surface area contributed by atoms with E-state index in [9.17, 15) is 43.2 Å². The zero-order chi connectivity index (χ0) is 70.7. The SMILES string of the molecule is CCCCCCCCCCCCCCCCCCC(=O)OC[C@H](COP(=O)(O)OC[C@@H](O)COP(=O)(O)OC[C@@H](COC(=O)CCCCCCCCCCCC)OC(=O)CCCCCCCCCCCC(C)C)OC(=O)CCCCCCCCCCCCCCCCCC(C)C. The summed E-state index contributed by atoms with van der Waals surface area (Å²) in [4.78, 5) is 72.8. The Morgan fingerprint density at radius 2 is 0.479 bits per heavy atom. The second-order valence-electron chi connectivity index (χ2n) is 28.7. The fraction of sp³-hybridized carbons (Fsp3) is 0.948. The molecular weight excluding hydrogens is 1260 g/mol. The summed E-state index contributed by atoms with van der Waals surface area (Å²) >= 11 is 0. The van der Waals surface area contributed by atoms with E-state index in [1.165, 1.54) is 218 Å². The summed E-state index contributed by atoms with van der Waals surface area (Å²) in [5.41, 5.74) is 0. The van der Waals surface area contributed by atoms with Crippen molar-refractivity contribution in [1.29, 1.82) is 0 Å². The first-order valence-corrected chi connectivity index (χ1v) is 43.0. The van der Waals surface area contributed by atoms with Crippen LogP contribution in [0.25, 0.3) is 0 Å². The topological polar surface area (TPSA) is 237 Å². The predicted molar refractivity (Wildman–Crippen MR) is 391 cm³/mol. The van der Waals surface area contributed by atoms with Gasteiger partial charge in [0.2, 0.25) is 0 Å². The summed E-state index contributed by atoms with van der Waals surface area (Å²) in [6.07, 6.45) is 56.8. The van der Waals surface area contributed by atoms with Gasteiger partial charge in [0.15, 0.2) is 12.2 Å². The van der Waals surface area contributed by atoms with Crippen molar-refractivity contribution >= 4 is 39.5 Å². The third-order valence-corrected chi connectivity index (χ3v) is 19.9. The molecule has 19 heteroatoms. The van der Waals surface area contributed by atoms with Crippen LogP contribution in [0.2, 0.25) is 0 Å². The highest BCUT2D eigenvalue weighted by molar-refractivity contribution is 7.47. The number of ether oxygens (including phenoxy) is 4. The second kappa shape index (κ2) is 68.8. The molecular formula is C77H150O17P2. The van der Waals surface area contributed by atoms with Gasteiger partial charge in [0.25, 0.3) is 0 Å². The van der Waals surface area contributed by atoms with Crippen LogP contribution in [0.1, 0.15) is 401 Å². The maximum atomic E-state index is 13.1. The second-order valence-corrected chi connectivity index (χ2v) is 31.6. The maximum Gasteiger partial charge on any atom is 0.472 e. The lowest BCUT2D eigenvalue weighted by Crippen LogP contribution is -2.30. The first-order valence-electron chi connectivity index (χ1n) is 40.0. The molecule has 0 aromatic heterocycles. The first-order chi connectivity index (χ1) is 46.4. The van der Waals surface area contributed by atoms with Crippen LogP contribution in [0.3, 0.4) is 0 Å². The van der Waals surface area contributed by atoms with Crippen LogP contribution in [0.5, 0.6) is 0 Å². The highest BCUT2D eigenvalue weighted by Gasteiger charge is 2.30. The van der Waals surface area contributed by atoms with E-state index < -0.39 is 97.5 Å². The Morgan fingerprint density at radius 3 is 0.708 bits per heavy atom. The third-order valence-electron chi connectivity index (χ3n) is 18.0. The van der Waals surface area contributed by atoms with Crippen LogP contribution in [-0.2, 0) is 65.4 Å². The average Bonchev–Trinajstić information content (AvgIpc) is 1.20. The van der Waals surface area contributed by atoms with Crippen molar-refractivity contribution in [3.63, 3.8) is 0 Å². The summed E-state index contributed by atoms with van der Waals surface area (Å²) in [5.74, 6) is -0.575. The fourth-order valence-corrected chi connectivity index (χ4v) is 13.4. The number of hydrogen-bond donors (Lipinski definition) is 3. The largest absolute Gasteiger partial charge is 0.472 e. The molecule has 0 fully saturated rings. The van der Waals surface area contributed by atoms with E-state index in [1.54, 1.807) is 0 Å². The molecule has 0 saturated carbocycles. The Kier molecular flexibility index (Phi) is 67.4. The van der Waals surface area contributed by atoms with E-state index in [0.717, 1.165) is 102 Å². The van der Waals surface area contributed by atoms with Crippen molar-refractivity contribution in [2.45, 2.75) is 419 Å². The Hall–Kier alpha value is -1.94. The fourth-order valence-electron chi connectivity index (χ4n) is 11.8. The molecule has 570 valence electrons. The van der Waals surface area contributed by atoms with Crippen molar-refractivity contribution < 1.29 is 80.2 Å². The summed E-state index contributed by atoms with van der Waals surface area (Å²) in [5, 5.41) is 10.6. The van der Waals surface area contributed by atoms with E-state index >= 15 is 0 Å². The molecule has 5 atom stereocenters. The molecule has 0 radical (unpaired) electrons. The molecule has 0 aliphatic carbocycles. The highest BCUT2D eigenvalue weighted by Crippen LogP contribution is 2.45. The minimum Gasteiger partial charge on any atom is -0.462 e. The van der Waals surface area contributed by atoms with Gasteiger partial charge in [-0.2, -0.15) is 0 Å². The zero-order valence-electron chi connectivity index (χ0n) is 62.7. The van der Waals surface area contributed by atoms with Gasteiger partial charge >= 0.3 is 39.5 Å². The molecule has 0 heterocycles. The molecule has 2 unspecified atom stereocenters. The Bertz CT molecular complexity index is 1860. The van der Waals surface area contributed by atoms with Crippen LogP contribution >= 0.6 is 15.6 Å². The molecule has 0 aromatic rings. The standard InChI is InChI=1S/C77H150O17P2/c1-7-9-11-13-15-17-19-20-21-24-27-30-36-42-48-54-60-75(80)88-66-72(93-76(81)61-55-49-43-37-31-28-25-22-23-26-29-33-39-45-51-57-69(3)4)67-91-95(83,84)89-63-71(78)64-90-96(85,86)92-68-73(65-87-74(79)59-53-47-41-35-18-16-14-12-10-8-2)94-77(82)62-56-50-44-38-32-34-40-46-52-58-70(5)6/h69-73,78H,7-68H2,1-6H3,(H,83,84)(H,85,86)/t71-,72-,73-/m1/s1. The normalized spacial score (nSPS) is 14.0. The van der Waals surface area contributed by atoms with Gasteiger partial charge in [-0.1, -0.05) is 350 Å². The van der Waals surface area contributed by atoms with Crippen LogP contribution in [0, 0.1) is 11.8 Å². The first kappa shape index (κ1) is 94.1. The van der Waals surface area contributed by atoms with Gasteiger partial charge in [-0.3, -0.25) is 37.3 Å². The van der Waals surface area contributed by atoms with E-state index in [4.69, 9.17) is 37.0 Å². The minimum absolute atomic E-state index is 0.106. The van der Waals surface area contributed by atoms with Gasteiger partial charge in [-0.05, 0) is 37.5 Å². The van der Waals surface area contributed by atoms with Gasteiger partial charge in [0.05, 0.1) is 26.4 Å². The van der Waals surface area contributed by atoms with Crippen molar-refractivity contribution in [1.82, 2.24) is 0 Å². The molecule has 0 rings (SSSR count). The van der Waals surface area contributed by atoms with Crippen molar-refractivity contribution in [3.8, 4) is 0 Å². The molecule has 0 spiro atoms.